The summed E-state index contributed by atoms with van der Waals surface area (Å²) >= 11 is 0. The van der Waals surface area contributed by atoms with Crippen molar-refractivity contribution < 1.29 is 23.7 Å². The zero-order chi connectivity index (χ0) is 18.7. The minimum Gasteiger partial charge on any atom is -0.496 e. The van der Waals surface area contributed by atoms with Crippen LogP contribution in [-0.4, -0.2) is 33.2 Å². The smallest absolute Gasteiger partial charge is 0.363 e. The maximum Gasteiger partial charge on any atom is 0.363 e. The lowest BCUT2D eigenvalue weighted by Gasteiger charge is -2.12. The summed E-state index contributed by atoms with van der Waals surface area (Å²) < 4.78 is 21.2. The molecule has 6 heteroatoms. The molecule has 0 atom stereocenters. The molecule has 1 aliphatic rings. The molecule has 0 aliphatic carbocycles. The second-order valence-electron chi connectivity index (χ2n) is 5.65. The Balaban J connectivity index is 2.01. The van der Waals surface area contributed by atoms with E-state index in [2.05, 4.69) is 4.99 Å². The minimum absolute atomic E-state index is 0.186. The number of methoxy groups -OCH3 is 3. The molecule has 2 aromatic rings. The number of nitrogens with zero attached hydrogens (tertiary/aromatic N) is 1. The molecule has 0 unspecified atom stereocenters. The Morgan fingerprint density at radius 3 is 2.15 bits per heavy atom. The summed E-state index contributed by atoms with van der Waals surface area (Å²) in [5.74, 6) is 1.35. The number of hydrogen-bond acceptors (Lipinski definition) is 6. The van der Waals surface area contributed by atoms with Crippen LogP contribution in [0.5, 0.6) is 17.2 Å². The standard InChI is InChI=1S/C20H19NO5/c1-12-5-7-13(8-6-12)19-21-15(20(22)26-19)9-14-10-17(24-3)18(25-4)11-16(14)23-2/h5-11H,1-4H3. The van der Waals surface area contributed by atoms with Gasteiger partial charge in [-0.25, -0.2) is 9.79 Å². The molecule has 0 radical (unpaired) electrons. The molecule has 0 spiro atoms. The molecule has 0 fully saturated rings. The first-order valence-corrected chi connectivity index (χ1v) is 7.95. The van der Waals surface area contributed by atoms with Crippen molar-refractivity contribution in [2.45, 2.75) is 6.92 Å². The van der Waals surface area contributed by atoms with Crippen LogP contribution in [0.3, 0.4) is 0 Å². The quantitative estimate of drug-likeness (QED) is 0.609. The van der Waals surface area contributed by atoms with E-state index < -0.39 is 5.97 Å². The van der Waals surface area contributed by atoms with Crippen LogP contribution in [0.25, 0.3) is 6.08 Å². The van der Waals surface area contributed by atoms with E-state index in [1.54, 1.807) is 32.4 Å². The van der Waals surface area contributed by atoms with Crippen LogP contribution in [0.2, 0.25) is 0 Å². The van der Waals surface area contributed by atoms with Gasteiger partial charge in [-0.15, -0.1) is 0 Å². The fraction of sp³-hybridized carbons (Fsp3) is 0.200. The largest absolute Gasteiger partial charge is 0.496 e. The monoisotopic (exact) mass is 353 g/mol. The third kappa shape index (κ3) is 3.39. The number of hydrogen-bond donors (Lipinski definition) is 0. The molecule has 134 valence electrons. The maximum atomic E-state index is 12.2. The molecule has 2 aromatic carbocycles. The number of carbonyl (C=O) groups excluding carboxylic acids is 1. The van der Waals surface area contributed by atoms with Crippen molar-refractivity contribution in [1.29, 1.82) is 0 Å². The van der Waals surface area contributed by atoms with Gasteiger partial charge in [0.05, 0.1) is 21.3 Å². The molecule has 0 aromatic heterocycles. The van der Waals surface area contributed by atoms with Gasteiger partial charge in [-0.1, -0.05) is 17.7 Å². The molecule has 6 nitrogen and oxygen atoms in total. The molecule has 3 rings (SSSR count). The van der Waals surface area contributed by atoms with E-state index in [0.717, 1.165) is 11.1 Å². The van der Waals surface area contributed by atoms with Gasteiger partial charge in [0.2, 0.25) is 5.90 Å². The van der Waals surface area contributed by atoms with Crippen molar-refractivity contribution in [3.8, 4) is 17.2 Å². The van der Waals surface area contributed by atoms with E-state index in [1.165, 1.54) is 7.11 Å². The van der Waals surface area contributed by atoms with E-state index in [0.29, 0.717) is 22.8 Å². The van der Waals surface area contributed by atoms with Crippen LogP contribution in [0.1, 0.15) is 16.7 Å². The normalized spacial score (nSPS) is 14.8. The third-order valence-corrected chi connectivity index (χ3v) is 3.95. The van der Waals surface area contributed by atoms with Crippen LogP contribution < -0.4 is 14.2 Å². The number of aryl methyl sites for hydroxylation is 1. The number of cyclic esters (lactones) is 1. The Hall–Kier alpha value is -3.28. The first kappa shape index (κ1) is 17.5. The van der Waals surface area contributed by atoms with Crippen molar-refractivity contribution in [1.82, 2.24) is 0 Å². The summed E-state index contributed by atoms with van der Waals surface area (Å²) in [4.78, 5) is 16.5. The molecule has 1 aliphatic heterocycles. The summed E-state index contributed by atoms with van der Waals surface area (Å²) in [7, 11) is 4.62. The highest BCUT2D eigenvalue weighted by atomic mass is 16.6. The molecule has 0 saturated heterocycles. The average molecular weight is 353 g/mol. The molecular weight excluding hydrogens is 334 g/mol. The molecule has 0 saturated carbocycles. The zero-order valence-corrected chi connectivity index (χ0v) is 15.0. The second-order valence-corrected chi connectivity index (χ2v) is 5.65. The first-order chi connectivity index (χ1) is 12.5. The van der Waals surface area contributed by atoms with E-state index in [9.17, 15) is 4.79 Å². The molecule has 0 N–H and O–H groups in total. The first-order valence-electron chi connectivity index (χ1n) is 7.95. The lowest BCUT2D eigenvalue weighted by Crippen LogP contribution is -2.05. The third-order valence-electron chi connectivity index (χ3n) is 3.95. The fourth-order valence-electron chi connectivity index (χ4n) is 2.54. The van der Waals surface area contributed by atoms with Crippen LogP contribution in [0.4, 0.5) is 0 Å². The van der Waals surface area contributed by atoms with Gasteiger partial charge < -0.3 is 18.9 Å². The maximum absolute atomic E-state index is 12.2. The zero-order valence-electron chi connectivity index (χ0n) is 15.0. The summed E-state index contributed by atoms with van der Waals surface area (Å²) in [5.41, 5.74) is 2.67. The molecule has 1 heterocycles. The number of esters is 1. The van der Waals surface area contributed by atoms with Gasteiger partial charge in [-0.05, 0) is 31.2 Å². The van der Waals surface area contributed by atoms with Gasteiger partial charge in [-0.3, -0.25) is 0 Å². The van der Waals surface area contributed by atoms with E-state index in [1.807, 2.05) is 31.2 Å². The summed E-state index contributed by atoms with van der Waals surface area (Å²) in [6, 6.07) is 11.0. The number of carbonyl (C=O) groups is 1. The number of ether oxygens (including phenoxy) is 4. The Morgan fingerprint density at radius 1 is 0.923 bits per heavy atom. The second kappa shape index (κ2) is 7.31. The summed E-state index contributed by atoms with van der Waals surface area (Å²) in [5, 5.41) is 0. The van der Waals surface area contributed by atoms with Crippen LogP contribution in [0, 0.1) is 6.92 Å². The van der Waals surface area contributed by atoms with Crippen LogP contribution in [-0.2, 0) is 9.53 Å². The summed E-state index contributed by atoms with van der Waals surface area (Å²) in [6.07, 6.45) is 1.60. The number of benzene rings is 2. The molecule has 0 amide bonds. The number of rotatable bonds is 5. The van der Waals surface area contributed by atoms with Gasteiger partial charge in [0.25, 0.3) is 0 Å². The van der Waals surface area contributed by atoms with Gasteiger partial charge in [0.1, 0.15) is 5.75 Å². The molecule has 26 heavy (non-hydrogen) atoms. The lowest BCUT2D eigenvalue weighted by atomic mass is 10.1. The molecule has 0 bridgehead atoms. The van der Waals surface area contributed by atoms with Gasteiger partial charge in [0, 0.05) is 17.2 Å². The Bertz CT molecular complexity index is 897. The predicted molar refractivity (Wildman–Crippen MR) is 97.9 cm³/mol. The predicted octanol–water partition coefficient (Wildman–Crippen LogP) is 3.37. The minimum atomic E-state index is -0.516. The SMILES string of the molecule is COc1cc(OC)c(OC)cc1C=C1N=C(c2ccc(C)cc2)OC1=O. The van der Waals surface area contributed by atoms with E-state index in [-0.39, 0.29) is 11.6 Å². The fourth-order valence-corrected chi connectivity index (χ4v) is 2.54. The lowest BCUT2D eigenvalue weighted by molar-refractivity contribution is -0.129. The van der Waals surface area contributed by atoms with Crippen molar-refractivity contribution in [3.05, 3.63) is 58.8 Å². The number of aliphatic imine (C=N–C) groups is 1. The average Bonchev–Trinajstić information content (AvgIpc) is 3.02. The van der Waals surface area contributed by atoms with Gasteiger partial charge >= 0.3 is 5.97 Å². The van der Waals surface area contributed by atoms with E-state index >= 15 is 0 Å². The van der Waals surface area contributed by atoms with E-state index in [4.69, 9.17) is 18.9 Å². The Kier molecular flexibility index (Phi) is 4.93. The highest BCUT2D eigenvalue weighted by Gasteiger charge is 2.25. The van der Waals surface area contributed by atoms with Crippen LogP contribution >= 0.6 is 0 Å². The van der Waals surface area contributed by atoms with Crippen molar-refractivity contribution in [2.75, 3.05) is 21.3 Å². The van der Waals surface area contributed by atoms with Crippen molar-refractivity contribution >= 4 is 17.9 Å². The van der Waals surface area contributed by atoms with Gasteiger partial charge in [0.15, 0.2) is 17.2 Å². The highest BCUT2D eigenvalue weighted by molar-refractivity contribution is 6.13. The Morgan fingerprint density at radius 2 is 1.54 bits per heavy atom. The van der Waals surface area contributed by atoms with Crippen molar-refractivity contribution in [3.63, 3.8) is 0 Å². The summed E-state index contributed by atoms with van der Waals surface area (Å²) in [6.45, 7) is 1.99. The Labute approximate surface area is 151 Å². The van der Waals surface area contributed by atoms with Crippen molar-refractivity contribution in [2.24, 2.45) is 4.99 Å². The van der Waals surface area contributed by atoms with Crippen LogP contribution in [0.15, 0.2) is 47.1 Å². The van der Waals surface area contributed by atoms with Gasteiger partial charge in [-0.2, -0.15) is 0 Å². The highest BCUT2D eigenvalue weighted by Crippen LogP contribution is 2.36. The topological polar surface area (TPSA) is 66.3 Å². The molecular formula is C20H19NO5.